The van der Waals surface area contributed by atoms with Crippen LogP contribution in [0.2, 0.25) is 0 Å². The van der Waals surface area contributed by atoms with E-state index in [4.69, 9.17) is 5.11 Å². The Kier molecular flexibility index (Phi) is 3.99. The number of hydrogen-bond acceptors (Lipinski definition) is 3. The van der Waals surface area contributed by atoms with E-state index in [1.807, 2.05) is 37.3 Å². The summed E-state index contributed by atoms with van der Waals surface area (Å²) in [5.41, 5.74) is 0.878. The van der Waals surface area contributed by atoms with Crippen LogP contribution in [-0.4, -0.2) is 40.2 Å². The molecule has 0 amide bonds. The molecule has 0 aromatic heterocycles. The topological polar surface area (TPSA) is 60.8 Å². The summed E-state index contributed by atoms with van der Waals surface area (Å²) in [4.78, 5) is 13.1. The third-order valence-corrected chi connectivity index (χ3v) is 3.79. The highest BCUT2D eigenvalue weighted by Gasteiger charge is 2.36. The zero-order valence-corrected chi connectivity index (χ0v) is 10.5. The number of β-amino-alcohol motifs (C(OH)–C–C–N with tert-alkyl or cyclic N) is 1. The van der Waals surface area contributed by atoms with Crippen molar-refractivity contribution >= 4 is 5.97 Å². The summed E-state index contributed by atoms with van der Waals surface area (Å²) < 4.78 is 0. The van der Waals surface area contributed by atoms with Crippen molar-refractivity contribution in [2.45, 2.75) is 25.5 Å². The van der Waals surface area contributed by atoms with Gasteiger partial charge in [-0.25, -0.2) is 0 Å². The maximum absolute atomic E-state index is 11.0. The molecule has 2 N–H and O–H groups in total. The summed E-state index contributed by atoms with van der Waals surface area (Å²) in [6, 6.07) is 9.47. The zero-order valence-electron chi connectivity index (χ0n) is 10.5. The quantitative estimate of drug-likeness (QED) is 0.849. The van der Waals surface area contributed by atoms with Crippen LogP contribution in [0.1, 0.15) is 25.0 Å². The van der Waals surface area contributed by atoms with Crippen LogP contribution >= 0.6 is 0 Å². The first kappa shape index (κ1) is 13.1. The first-order chi connectivity index (χ1) is 8.59. The molecular weight excluding hydrogens is 230 g/mol. The monoisotopic (exact) mass is 249 g/mol. The minimum Gasteiger partial charge on any atom is -0.481 e. The van der Waals surface area contributed by atoms with Crippen molar-refractivity contribution in [1.29, 1.82) is 0 Å². The van der Waals surface area contributed by atoms with Crippen molar-refractivity contribution in [2.75, 3.05) is 13.1 Å². The van der Waals surface area contributed by atoms with Gasteiger partial charge < -0.3 is 10.2 Å². The molecule has 1 heterocycles. The van der Waals surface area contributed by atoms with E-state index in [1.54, 1.807) is 0 Å². The van der Waals surface area contributed by atoms with E-state index in [0.29, 0.717) is 13.0 Å². The Morgan fingerprint density at radius 3 is 2.67 bits per heavy atom. The number of benzene rings is 1. The molecule has 4 heteroatoms. The highest BCUT2D eigenvalue weighted by molar-refractivity contribution is 5.71. The summed E-state index contributed by atoms with van der Waals surface area (Å²) in [5, 5.41) is 19.2. The first-order valence-corrected chi connectivity index (χ1v) is 6.29. The van der Waals surface area contributed by atoms with Crippen molar-refractivity contribution in [3.63, 3.8) is 0 Å². The molecule has 0 spiro atoms. The lowest BCUT2D eigenvalue weighted by Gasteiger charge is -2.25. The number of aliphatic hydroxyl groups is 1. The summed E-state index contributed by atoms with van der Waals surface area (Å²) in [6.07, 6.45) is 0.110. The molecule has 1 aliphatic rings. The van der Waals surface area contributed by atoms with E-state index in [1.165, 1.54) is 0 Å². The lowest BCUT2D eigenvalue weighted by Crippen LogP contribution is -2.35. The third-order valence-electron chi connectivity index (χ3n) is 3.79. The van der Waals surface area contributed by atoms with Crippen LogP contribution < -0.4 is 0 Å². The Balaban J connectivity index is 1.97. The maximum atomic E-state index is 11.0. The summed E-state index contributed by atoms with van der Waals surface area (Å²) in [7, 11) is 0. The van der Waals surface area contributed by atoms with E-state index in [2.05, 4.69) is 4.90 Å². The number of aliphatic carboxylic acids is 1. The lowest BCUT2D eigenvalue weighted by atomic mass is 10.0. The maximum Gasteiger partial charge on any atom is 0.308 e. The molecule has 0 bridgehead atoms. The summed E-state index contributed by atoms with van der Waals surface area (Å²) in [6.45, 7) is 3.15. The molecule has 1 aromatic rings. The van der Waals surface area contributed by atoms with Crippen LogP contribution in [0.4, 0.5) is 0 Å². The van der Waals surface area contributed by atoms with Gasteiger partial charge in [-0.3, -0.25) is 9.69 Å². The second kappa shape index (κ2) is 5.50. The number of nitrogens with zero attached hydrogens (tertiary/aromatic N) is 1. The van der Waals surface area contributed by atoms with Crippen LogP contribution in [0.25, 0.3) is 0 Å². The van der Waals surface area contributed by atoms with Crippen LogP contribution in [-0.2, 0) is 4.79 Å². The van der Waals surface area contributed by atoms with E-state index in [0.717, 1.165) is 12.1 Å². The lowest BCUT2D eigenvalue weighted by molar-refractivity contribution is -0.142. The van der Waals surface area contributed by atoms with Crippen molar-refractivity contribution in [3.8, 4) is 0 Å². The average molecular weight is 249 g/mol. The van der Waals surface area contributed by atoms with E-state index in [9.17, 15) is 9.90 Å². The van der Waals surface area contributed by atoms with Gasteiger partial charge in [-0.05, 0) is 25.5 Å². The van der Waals surface area contributed by atoms with Gasteiger partial charge in [-0.15, -0.1) is 0 Å². The molecule has 1 aliphatic heterocycles. The molecule has 3 unspecified atom stereocenters. The smallest absolute Gasteiger partial charge is 0.308 e. The Labute approximate surface area is 107 Å². The predicted molar refractivity (Wildman–Crippen MR) is 68.2 cm³/mol. The number of carboxylic acid groups (broad SMARTS) is 1. The second-order valence-corrected chi connectivity index (χ2v) is 4.90. The number of carboxylic acids is 1. The third kappa shape index (κ3) is 2.71. The SMILES string of the molecule is CC1C(C(=O)O)CCN1CC(O)c1ccccc1. The molecule has 1 aromatic carbocycles. The Morgan fingerprint density at radius 1 is 1.44 bits per heavy atom. The first-order valence-electron chi connectivity index (χ1n) is 6.29. The molecule has 1 saturated heterocycles. The second-order valence-electron chi connectivity index (χ2n) is 4.90. The highest BCUT2D eigenvalue weighted by atomic mass is 16.4. The van der Waals surface area contributed by atoms with Crippen molar-refractivity contribution in [1.82, 2.24) is 4.90 Å². The molecule has 0 saturated carbocycles. The molecule has 1 fully saturated rings. The van der Waals surface area contributed by atoms with Crippen LogP contribution in [0, 0.1) is 5.92 Å². The minimum absolute atomic E-state index is 0.0131. The summed E-state index contributed by atoms with van der Waals surface area (Å²) in [5.74, 6) is -1.05. The highest BCUT2D eigenvalue weighted by Crippen LogP contribution is 2.26. The van der Waals surface area contributed by atoms with Gasteiger partial charge in [0.15, 0.2) is 0 Å². The van der Waals surface area contributed by atoms with Gasteiger partial charge >= 0.3 is 5.97 Å². The van der Waals surface area contributed by atoms with Gasteiger partial charge in [0.25, 0.3) is 0 Å². The molecule has 0 radical (unpaired) electrons. The number of likely N-dealkylation sites (tertiary alicyclic amines) is 1. The normalized spacial score (nSPS) is 26.1. The Bertz CT molecular complexity index is 407. The molecule has 18 heavy (non-hydrogen) atoms. The minimum atomic E-state index is -0.737. The standard InChI is InChI=1S/C14H19NO3/c1-10-12(14(17)18)7-8-15(10)9-13(16)11-5-3-2-4-6-11/h2-6,10,12-13,16H,7-9H2,1H3,(H,17,18). The van der Waals surface area contributed by atoms with Crippen LogP contribution in [0.3, 0.4) is 0 Å². The van der Waals surface area contributed by atoms with Crippen molar-refractivity contribution < 1.29 is 15.0 Å². The molecule has 0 aliphatic carbocycles. The fourth-order valence-corrected chi connectivity index (χ4v) is 2.59. The molecule has 98 valence electrons. The van der Waals surface area contributed by atoms with Gasteiger partial charge in [-0.2, -0.15) is 0 Å². The van der Waals surface area contributed by atoms with E-state index in [-0.39, 0.29) is 12.0 Å². The fourth-order valence-electron chi connectivity index (χ4n) is 2.59. The number of hydrogen-bond donors (Lipinski definition) is 2. The number of aliphatic hydroxyl groups excluding tert-OH is 1. The van der Waals surface area contributed by atoms with Gasteiger partial charge in [0.05, 0.1) is 12.0 Å². The number of rotatable bonds is 4. The van der Waals surface area contributed by atoms with Crippen LogP contribution in [0.15, 0.2) is 30.3 Å². The Hall–Kier alpha value is -1.39. The average Bonchev–Trinajstić information content (AvgIpc) is 2.72. The predicted octanol–water partition coefficient (Wildman–Crippen LogP) is 1.51. The van der Waals surface area contributed by atoms with Gasteiger partial charge in [-0.1, -0.05) is 30.3 Å². The molecule has 3 atom stereocenters. The van der Waals surface area contributed by atoms with Gasteiger partial charge in [0.1, 0.15) is 0 Å². The molecular formula is C14H19NO3. The molecule has 4 nitrogen and oxygen atoms in total. The van der Waals surface area contributed by atoms with Gasteiger partial charge in [0.2, 0.25) is 0 Å². The zero-order chi connectivity index (χ0) is 13.1. The van der Waals surface area contributed by atoms with Crippen LogP contribution in [0.5, 0.6) is 0 Å². The van der Waals surface area contributed by atoms with Crippen molar-refractivity contribution in [2.24, 2.45) is 5.92 Å². The number of carbonyl (C=O) groups is 1. The van der Waals surface area contributed by atoms with E-state index >= 15 is 0 Å². The summed E-state index contributed by atoms with van der Waals surface area (Å²) >= 11 is 0. The van der Waals surface area contributed by atoms with Crippen molar-refractivity contribution in [3.05, 3.63) is 35.9 Å². The van der Waals surface area contributed by atoms with E-state index < -0.39 is 12.1 Å². The molecule has 2 rings (SSSR count). The Morgan fingerprint density at radius 2 is 2.11 bits per heavy atom. The largest absolute Gasteiger partial charge is 0.481 e. The fraction of sp³-hybridized carbons (Fsp3) is 0.500. The van der Waals surface area contributed by atoms with Gasteiger partial charge in [0, 0.05) is 12.6 Å².